The molecule has 0 amide bonds. The van der Waals surface area contributed by atoms with E-state index < -0.39 is 0 Å². The van der Waals surface area contributed by atoms with Crippen molar-refractivity contribution in [3.05, 3.63) is 223 Å². The minimum Gasteiger partial charge on any atom is -0.454 e. The van der Waals surface area contributed by atoms with Crippen molar-refractivity contribution in [2.75, 3.05) is 9.80 Å². The van der Waals surface area contributed by atoms with E-state index in [9.17, 15) is 0 Å². The summed E-state index contributed by atoms with van der Waals surface area (Å²) in [4.78, 5) is 4.59. The number of rotatable bonds is 8. The zero-order valence-electron chi connectivity index (χ0n) is 31.7. The summed E-state index contributed by atoms with van der Waals surface area (Å²) in [6.45, 7) is 0. The number of nitrogens with zero attached hydrogens (tertiary/aromatic N) is 2. The third kappa shape index (κ3) is 5.86. The fraction of sp³-hybridized carbons (Fsp3) is 0.0370. The van der Waals surface area contributed by atoms with Crippen LogP contribution in [0.15, 0.2) is 221 Å². The lowest BCUT2D eigenvalue weighted by Crippen LogP contribution is -2.10. The summed E-state index contributed by atoms with van der Waals surface area (Å²) in [6.07, 6.45) is 7.93. The molecule has 1 unspecified atom stereocenters. The van der Waals surface area contributed by atoms with Crippen molar-refractivity contribution in [3.8, 4) is 0 Å². The maximum atomic E-state index is 6.51. The second kappa shape index (κ2) is 14.2. The van der Waals surface area contributed by atoms with E-state index in [-0.39, 0.29) is 5.92 Å². The number of furan rings is 2. The third-order valence-electron chi connectivity index (χ3n) is 11.4. The van der Waals surface area contributed by atoms with Gasteiger partial charge in [0.1, 0.15) is 11.2 Å². The SMILES string of the molecule is C1=CC(c2ccc(N(c3ccccc3)c3cccc4c3oc3ccccc34)cc2)=CC(c2ccc(N(c3ccccc3)c3cccc4c3oc3ccccc34)cc2)C1. The van der Waals surface area contributed by atoms with Gasteiger partial charge in [-0.25, -0.2) is 0 Å². The summed E-state index contributed by atoms with van der Waals surface area (Å²) in [6, 6.07) is 68.4. The maximum absolute atomic E-state index is 6.51. The molecule has 0 radical (unpaired) electrons. The largest absolute Gasteiger partial charge is 0.454 e. The predicted octanol–water partition coefficient (Wildman–Crippen LogP) is 15.6. The molecule has 2 aromatic heterocycles. The number of para-hydroxylation sites is 6. The van der Waals surface area contributed by atoms with Crippen LogP contribution in [0, 0.1) is 0 Å². The molecule has 4 heteroatoms. The molecule has 0 bridgehead atoms. The van der Waals surface area contributed by atoms with Crippen molar-refractivity contribution in [1.82, 2.24) is 0 Å². The Kier molecular flexibility index (Phi) is 8.25. The van der Waals surface area contributed by atoms with Gasteiger partial charge in [-0.05, 0) is 95.9 Å². The van der Waals surface area contributed by atoms with Crippen LogP contribution in [0.3, 0.4) is 0 Å². The highest BCUT2D eigenvalue weighted by atomic mass is 16.3. The Morgan fingerprint density at radius 1 is 0.397 bits per heavy atom. The molecule has 0 aliphatic heterocycles. The van der Waals surface area contributed by atoms with Gasteiger partial charge in [-0.15, -0.1) is 0 Å². The van der Waals surface area contributed by atoms with E-state index in [1.807, 2.05) is 24.3 Å². The van der Waals surface area contributed by atoms with Crippen LogP contribution in [0.5, 0.6) is 0 Å². The number of benzene rings is 8. The Morgan fingerprint density at radius 3 is 1.38 bits per heavy atom. The van der Waals surface area contributed by atoms with Gasteiger partial charge >= 0.3 is 0 Å². The van der Waals surface area contributed by atoms with Gasteiger partial charge in [0.2, 0.25) is 0 Å². The lowest BCUT2D eigenvalue weighted by atomic mass is 9.87. The number of hydrogen-bond donors (Lipinski definition) is 0. The summed E-state index contributed by atoms with van der Waals surface area (Å²) < 4.78 is 13.0. The molecule has 0 saturated heterocycles. The van der Waals surface area contributed by atoms with E-state index in [0.29, 0.717) is 0 Å². The third-order valence-corrected chi connectivity index (χ3v) is 11.4. The smallest absolute Gasteiger partial charge is 0.159 e. The lowest BCUT2D eigenvalue weighted by molar-refractivity contribution is 0.668. The molecule has 0 N–H and O–H groups in total. The predicted molar refractivity (Wildman–Crippen MR) is 241 cm³/mol. The molecular weight excluding hydrogens is 709 g/mol. The summed E-state index contributed by atoms with van der Waals surface area (Å²) in [5, 5.41) is 4.47. The van der Waals surface area contributed by atoms with Crippen molar-refractivity contribution in [3.63, 3.8) is 0 Å². The summed E-state index contributed by atoms with van der Waals surface area (Å²) in [5.74, 6) is 0.254. The standard InChI is InChI=1S/C54H38N2O2/c1-3-16-41(17-4-1)55(49-24-12-22-47-45-20-7-9-26-51(45)57-53(47)49)43-32-28-37(29-33-43)39-14-11-15-40(36-39)38-30-34-44(35-31-38)56(42-18-5-2-6-19-42)50-25-13-23-48-46-21-8-10-27-52(46)58-54(48)50/h1-14,16-36,40H,15H2. The van der Waals surface area contributed by atoms with E-state index in [1.165, 1.54) is 16.7 Å². The highest BCUT2D eigenvalue weighted by Crippen LogP contribution is 2.44. The van der Waals surface area contributed by atoms with Crippen LogP contribution in [0.25, 0.3) is 49.5 Å². The van der Waals surface area contributed by atoms with E-state index in [4.69, 9.17) is 8.83 Å². The molecule has 1 aliphatic rings. The van der Waals surface area contributed by atoms with Gasteiger partial charge in [-0.3, -0.25) is 0 Å². The minimum atomic E-state index is 0.254. The molecule has 1 aliphatic carbocycles. The second-order valence-corrected chi connectivity index (χ2v) is 14.9. The van der Waals surface area contributed by atoms with Crippen molar-refractivity contribution in [1.29, 1.82) is 0 Å². The van der Waals surface area contributed by atoms with Crippen LogP contribution in [0.1, 0.15) is 23.5 Å². The van der Waals surface area contributed by atoms with E-state index in [0.717, 1.165) is 84.4 Å². The molecule has 0 spiro atoms. The van der Waals surface area contributed by atoms with Gasteiger partial charge < -0.3 is 18.6 Å². The summed E-state index contributed by atoms with van der Waals surface area (Å²) >= 11 is 0. The lowest BCUT2D eigenvalue weighted by Gasteiger charge is -2.26. The van der Waals surface area contributed by atoms with Gasteiger partial charge in [-0.1, -0.05) is 140 Å². The molecule has 11 rings (SSSR count). The van der Waals surface area contributed by atoms with Crippen molar-refractivity contribution < 1.29 is 8.83 Å². The normalized spacial score (nSPS) is 14.0. The zero-order chi connectivity index (χ0) is 38.4. The van der Waals surface area contributed by atoms with Crippen molar-refractivity contribution in [2.45, 2.75) is 12.3 Å². The summed E-state index contributed by atoms with van der Waals surface area (Å²) in [5.41, 5.74) is 13.6. The van der Waals surface area contributed by atoms with Gasteiger partial charge in [0, 0.05) is 50.2 Å². The van der Waals surface area contributed by atoms with Crippen LogP contribution in [-0.4, -0.2) is 0 Å². The Morgan fingerprint density at radius 2 is 0.845 bits per heavy atom. The number of hydrogen-bond acceptors (Lipinski definition) is 4. The molecule has 276 valence electrons. The molecule has 8 aromatic carbocycles. The van der Waals surface area contributed by atoms with Crippen LogP contribution >= 0.6 is 0 Å². The molecule has 0 saturated carbocycles. The Balaban J connectivity index is 0.914. The second-order valence-electron chi connectivity index (χ2n) is 14.9. The quantitative estimate of drug-likeness (QED) is 0.155. The Labute approximate surface area is 336 Å². The van der Waals surface area contributed by atoms with E-state index in [1.54, 1.807) is 0 Å². The van der Waals surface area contributed by atoms with E-state index in [2.05, 4.69) is 198 Å². The summed E-state index contributed by atoms with van der Waals surface area (Å²) in [7, 11) is 0. The van der Waals surface area contributed by atoms with Gasteiger partial charge in [0.25, 0.3) is 0 Å². The molecule has 4 nitrogen and oxygen atoms in total. The van der Waals surface area contributed by atoms with E-state index >= 15 is 0 Å². The van der Waals surface area contributed by atoms with Crippen molar-refractivity contribution in [2.24, 2.45) is 0 Å². The van der Waals surface area contributed by atoms with Crippen LogP contribution < -0.4 is 9.80 Å². The topological polar surface area (TPSA) is 32.8 Å². The van der Waals surface area contributed by atoms with Crippen LogP contribution in [-0.2, 0) is 0 Å². The number of fused-ring (bicyclic) bond motifs is 6. The van der Waals surface area contributed by atoms with Crippen LogP contribution in [0.2, 0.25) is 0 Å². The monoisotopic (exact) mass is 746 g/mol. The molecular formula is C54H38N2O2. The van der Waals surface area contributed by atoms with Crippen molar-refractivity contribution >= 4 is 83.6 Å². The molecule has 0 fully saturated rings. The average Bonchev–Trinajstić information content (AvgIpc) is 3.88. The molecule has 1 atom stereocenters. The highest BCUT2D eigenvalue weighted by molar-refractivity contribution is 6.11. The Hall–Kier alpha value is -7.56. The van der Waals surface area contributed by atoms with Crippen LogP contribution in [0.4, 0.5) is 34.1 Å². The highest BCUT2D eigenvalue weighted by Gasteiger charge is 2.22. The first kappa shape index (κ1) is 33.8. The van der Waals surface area contributed by atoms with Gasteiger partial charge in [0.05, 0.1) is 11.4 Å². The first-order chi connectivity index (χ1) is 28.8. The molecule has 10 aromatic rings. The average molecular weight is 747 g/mol. The number of allylic oxidation sites excluding steroid dienone is 4. The number of anilines is 6. The van der Waals surface area contributed by atoms with Gasteiger partial charge in [-0.2, -0.15) is 0 Å². The molecule has 58 heavy (non-hydrogen) atoms. The minimum absolute atomic E-state index is 0.254. The fourth-order valence-corrected chi connectivity index (χ4v) is 8.61. The van der Waals surface area contributed by atoms with Gasteiger partial charge in [0.15, 0.2) is 11.2 Å². The maximum Gasteiger partial charge on any atom is 0.159 e. The Bertz CT molecular complexity index is 3140. The fourth-order valence-electron chi connectivity index (χ4n) is 8.61. The molecule has 2 heterocycles. The first-order valence-corrected chi connectivity index (χ1v) is 19.9. The zero-order valence-corrected chi connectivity index (χ0v) is 31.7. The first-order valence-electron chi connectivity index (χ1n) is 19.9.